The van der Waals surface area contributed by atoms with E-state index in [1.807, 2.05) is 6.92 Å². The molecule has 0 aromatic carbocycles. The largest absolute Gasteiger partial charge is 0.462 e. The molecule has 11 heavy (non-hydrogen) atoms. The van der Waals surface area contributed by atoms with E-state index >= 15 is 0 Å². The van der Waals surface area contributed by atoms with Crippen LogP contribution in [0.1, 0.15) is 13.3 Å². The Balaban J connectivity index is 3.36. The molecule has 0 bridgehead atoms. The fraction of sp³-hybridized carbons (Fsp3) is 0.857. The molecule has 0 saturated carbocycles. The van der Waals surface area contributed by atoms with Gasteiger partial charge in [0, 0.05) is 7.11 Å². The highest BCUT2D eigenvalue weighted by Crippen LogP contribution is 1.89. The summed E-state index contributed by atoms with van der Waals surface area (Å²) in [6.07, 6.45) is 0.603. The summed E-state index contributed by atoms with van der Waals surface area (Å²) in [5.41, 5.74) is 5.38. The molecule has 66 valence electrons. The Bertz CT molecular complexity index is 116. The number of hydrogen-bond donors (Lipinski definition) is 1. The molecule has 0 aliphatic rings. The maximum absolute atomic E-state index is 10.8. The van der Waals surface area contributed by atoms with Crippen LogP contribution < -0.4 is 5.73 Å². The van der Waals surface area contributed by atoms with Gasteiger partial charge in [-0.3, -0.25) is 4.79 Å². The molecule has 0 spiro atoms. The molecule has 0 saturated heterocycles. The summed E-state index contributed by atoms with van der Waals surface area (Å²) in [7, 11) is 1.55. The monoisotopic (exact) mass is 161 g/mol. The summed E-state index contributed by atoms with van der Waals surface area (Å²) in [6, 6.07) is -0.494. The topological polar surface area (TPSA) is 61.6 Å². The third-order valence-corrected chi connectivity index (χ3v) is 1.27. The van der Waals surface area contributed by atoms with Crippen molar-refractivity contribution < 1.29 is 14.3 Å². The Kier molecular flexibility index (Phi) is 5.78. The zero-order valence-electron chi connectivity index (χ0n) is 7.00. The third-order valence-electron chi connectivity index (χ3n) is 1.27. The lowest BCUT2D eigenvalue weighted by Crippen LogP contribution is -2.32. The predicted octanol–water partition coefficient (Wildman–Crippen LogP) is -0.0867. The first-order valence-electron chi connectivity index (χ1n) is 3.63. The highest BCUT2D eigenvalue weighted by Gasteiger charge is 2.11. The Morgan fingerprint density at radius 1 is 1.55 bits per heavy atom. The van der Waals surface area contributed by atoms with E-state index in [4.69, 9.17) is 10.5 Å². The Hall–Kier alpha value is -0.610. The molecule has 0 rings (SSSR count). The maximum atomic E-state index is 10.8. The summed E-state index contributed by atoms with van der Waals surface area (Å²) in [5.74, 6) is -0.357. The fourth-order valence-corrected chi connectivity index (χ4v) is 0.499. The number of nitrogens with two attached hydrogens (primary N) is 1. The summed E-state index contributed by atoms with van der Waals surface area (Å²) in [6.45, 7) is 2.54. The molecule has 4 nitrogen and oxygen atoms in total. The second kappa shape index (κ2) is 6.12. The average Bonchev–Trinajstić information content (AvgIpc) is 2.03. The lowest BCUT2D eigenvalue weighted by molar-refractivity contribution is -0.146. The van der Waals surface area contributed by atoms with Crippen LogP contribution in [0.25, 0.3) is 0 Å². The van der Waals surface area contributed by atoms with Gasteiger partial charge in [-0.1, -0.05) is 6.92 Å². The Morgan fingerprint density at radius 3 is 2.64 bits per heavy atom. The SMILES string of the molecule is CCC(N)C(=O)OCCOC. The van der Waals surface area contributed by atoms with Gasteiger partial charge in [0.25, 0.3) is 0 Å². The van der Waals surface area contributed by atoms with E-state index in [-0.39, 0.29) is 12.6 Å². The van der Waals surface area contributed by atoms with E-state index in [1.165, 1.54) is 0 Å². The summed E-state index contributed by atoms with van der Waals surface area (Å²) in [4.78, 5) is 10.8. The van der Waals surface area contributed by atoms with Crippen LogP contribution in [0.3, 0.4) is 0 Å². The van der Waals surface area contributed by atoms with Crippen molar-refractivity contribution in [3.8, 4) is 0 Å². The van der Waals surface area contributed by atoms with Gasteiger partial charge in [-0.2, -0.15) is 0 Å². The van der Waals surface area contributed by atoms with Crippen LogP contribution in [0.5, 0.6) is 0 Å². The molecule has 0 fully saturated rings. The van der Waals surface area contributed by atoms with Crippen molar-refractivity contribution in [2.75, 3.05) is 20.3 Å². The number of carbonyl (C=O) groups excluding carboxylic acids is 1. The van der Waals surface area contributed by atoms with Crippen molar-refractivity contribution in [2.45, 2.75) is 19.4 Å². The number of carbonyl (C=O) groups is 1. The van der Waals surface area contributed by atoms with Gasteiger partial charge in [0.1, 0.15) is 12.6 Å². The van der Waals surface area contributed by atoms with Crippen molar-refractivity contribution in [3.63, 3.8) is 0 Å². The van der Waals surface area contributed by atoms with Gasteiger partial charge in [0.05, 0.1) is 6.61 Å². The molecule has 0 radical (unpaired) electrons. The van der Waals surface area contributed by atoms with Crippen LogP contribution >= 0.6 is 0 Å². The molecule has 1 atom stereocenters. The Labute approximate surface area is 66.7 Å². The van der Waals surface area contributed by atoms with Crippen molar-refractivity contribution in [2.24, 2.45) is 5.73 Å². The van der Waals surface area contributed by atoms with Crippen molar-refractivity contribution >= 4 is 5.97 Å². The zero-order valence-corrected chi connectivity index (χ0v) is 7.00. The molecule has 1 unspecified atom stereocenters. The van der Waals surface area contributed by atoms with Crippen LogP contribution in [-0.2, 0) is 14.3 Å². The molecular weight excluding hydrogens is 146 g/mol. The van der Waals surface area contributed by atoms with Crippen LogP contribution in [0.15, 0.2) is 0 Å². The second-order valence-electron chi connectivity index (χ2n) is 2.18. The molecule has 0 aliphatic heterocycles. The first-order chi connectivity index (χ1) is 5.22. The lowest BCUT2D eigenvalue weighted by Gasteiger charge is -2.07. The molecule has 0 aromatic rings. The quantitative estimate of drug-likeness (QED) is 0.452. The zero-order chi connectivity index (χ0) is 8.69. The van der Waals surface area contributed by atoms with Crippen LogP contribution in [-0.4, -0.2) is 32.3 Å². The van der Waals surface area contributed by atoms with Gasteiger partial charge >= 0.3 is 5.97 Å². The fourth-order valence-electron chi connectivity index (χ4n) is 0.499. The summed E-state index contributed by atoms with van der Waals surface area (Å²) < 4.78 is 9.43. The first-order valence-corrected chi connectivity index (χ1v) is 3.63. The molecule has 0 aromatic heterocycles. The highest BCUT2D eigenvalue weighted by molar-refractivity contribution is 5.75. The summed E-state index contributed by atoms with van der Waals surface area (Å²) in [5, 5.41) is 0. The van der Waals surface area contributed by atoms with E-state index < -0.39 is 6.04 Å². The average molecular weight is 161 g/mol. The number of ether oxygens (including phenoxy) is 2. The van der Waals surface area contributed by atoms with E-state index in [2.05, 4.69) is 4.74 Å². The van der Waals surface area contributed by atoms with Gasteiger partial charge in [-0.25, -0.2) is 0 Å². The molecular formula is C7H15NO3. The van der Waals surface area contributed by atoms with Gasteiger partial charge in [0.15, 0.2) is 0 Å². The van der Waals surface area contributed by atoms with E-state index in [0.717, 1.165) is 0 Å². The van der Waals surface area contributed by atoms with Crippen molar-refractivity contribution in [3.05, 3.63) is 0 Å². The van der Waals surface area contributed by atoms with E-state index in [0.29, 0.717) is 13.0 Å². The lowest BCUT2D eigenvalue weighted by atomic mass is 10.2. The van der Waals surface area contributed by atoms with Gasteiger partial charge in [-0.05, 0) is 6.42 Å². The van der Waals surface area contributed by atoms with Crippen molar-refractivity contribution in [1.29, 1.82) is 0 Å². The maximum Gasteiger partial charge on any atom is 0.322 e. The van der Waals surface area contributed by atoms with Crippen molar-refractivity contribution in [1.82, 2.24) is 0 Å². The predicted molar refractivity (Wildman–Crippen MR) is 41.1 cm³/mol. The normalized spacial score (nSPS) is 12.6. The number of methoxy groups -OCH3 is 1. The second-order valence-corrected chi connectivity index (χ2v) is 2.18. The minimum absolute atomic E-state index is 0.281. The Morgan fingerprint density at radius 2 is 2.18 bits per heavy atom. The van der Waals surface area contributed by atoms with E-state index in [9.17, 15) is 4.79 Å². The number of rotatable bonds is 5. The van der Waals surface area contributed by atoms with Gasteiger partial charge in [0.2, 0.25) is 0 Å². The minimum atomic E-state index is -0.494. The third kappa shape index (κ3) is 4.75. The minimum Gasteiger partial charge on any atom is -0.462 e. The van der Waals surface area contributed by atoms with Crippen LogP contribution in [0, 0.1) is 0 Å². The standard InChI is InChI=1S/C7H15NO3/c1-3-6(8)7(9)11-5-4-10-2/h6H,3-5,8H2,1-2H3. The molecule has 0 heterocycles. The molecule has 4 heteroatoms. The molecule has 2 N–H and O–H groups in total. The van der Waals surface area contributed by atoms with Gasteiger partial charge in [-0.15, -0.1) is 0 Å². The molecule has 0 amide bonds. The number of hydrogen-bond acceptors (Lipinski definition) is 4. The summed E-state index contributed by atoms with van der Waals surface area (Å²) >= 11 is 0. The van der Waals surface area contributed by atoms with Crippen LogP contribution in [0.2, 0.25) is 0 Å². The highest BCUT2D eigenvalue weighted by atomic mass is 16.6. The molecule has 0 aliphatic carbocycles. The van der Waals surface area contributed by atoms with Gasteiger partial charge < -0.3 is 15.2 Å². The first kappa shape index (κ1) is 10.4. The van der Waals surface area contributed by atoms with Crippen LogP contribution in [0.4, 0.5) is 0 Å². The van der Waals surface area contributed by atoms with E-state index in [1.54, 1.807) is 7.11 Å². The number of esters is 1. The smallest absolute Gasteiger partial charge is 0.322 e.